The van der Waals surface area contributed by atoms with E-state index in [-0.39, 0.29) is 11.1 Å². The molecule has 28 heavy (non-hydrogen) atoms. The normalized spacial score (nSPS) is 14.9. The number of benzene rings is 3. The molecule has 0 aliphatic heterocycles. The summed E-state index contributed by atoms with van der Waals surface area (Å²) < 4.78 is 49.1. The van der Waals surface area contributed by atoms with Gasteiger partial charge in [-0.2, -0.15) is 0 Å². The van der Waals surface area contributed by atoms with E-state index in [1.165, 1.54) is 6.20 Å². The highest BCUT2D eigenvalue weighted by Gasteiger charge is 2.13. The smallest absolute Gasteiger partial charge is 0.0708 e. The van der Waals surface area contributed by atoms with Crippen LogP contribution in [0.5, 0.6) is 0 Å². The van der Waals surface area contributed by atoms with E-state index < -0.39 is 13.7 Å². The predicted octanol–water partition coefficient (Wildman–Crippen LogP) is 7.32. The highest BCUT2D eigenvalue weighted by atomic mass is 14.7. The van der Waals surface area contributed by atoms with E-state index >= 15 is 0 Å². The van der Waals surface area contributed by atoms with Gasteiger partial charge in [-0.1, -0.05) is 72.3 Å². The first-order valence-corrected chi connectivity index (χ1v) is 9.23. The second-order valence-electron chi connectivity index (χ2n) is 7.06. The quantitative estimate of drug-likeness (QED) is 0.369. The summed E-state index contributed by atoms with van der Waals surface area (Å²) in [5.74, 6) is 0. The van der Waals surface area contributed by atoms with E-state index in [1.54, 1.807) is 12.1 Å². The molecule has 3 aromatic carbocycles. The lowest BCUT2D eigenvalue weighted by molar-refractivity contribution is 1.26. The van der Waals surface area contributed by atoms with Gasteiger partial charge in [-0.15, -0.1) is 0 Å². The lowest BCUT2D eigenvalue weighted by Gasteiger charge is -2.16. The average molecular weight is 370 g/mol. The first kappa shape index (κ1) is 12.3. The Hall–Kier alpha value is -3.19. The Bertz CT molecular complexity index is 1320. The molecule has 1 heterocycles. The van der Waals surface area contributed by atoms with Gasteiger partial charge in [-0.05, 0) is 72.6 Å². The van der Waals surface area contributed by atoms with Gasteiger partial charge in [0.15, 0.2) is 0 Å². The largest absolute Gasteiger partial charge is 0.256 e. The molecule has 0 radical (unpaired) electrons. The third-order valence-electron chi connectivity index (χ3n) is 4.96. The number of pyridine rings is 1. The van der Waals surface area contributed by atoms with Crippen LogP contribution in [0.15, 0.2) is 79.0 Å². The van der Waals surface area contributed by atoms with E-state index in [9.17, 15) is 0 Å². The van der Waals surface area contributed by atoms with Crippen molar-refractivity contribution < 1.29 is 8.22 Å². The minimum absolute atomic E-state index is 0.0314. The highest BCUT2D eigenvalue weighted by Crippen LogP contribution is 2.35. The average Bonchev–Trinajstić information content (AvgIpc) is 2.78. The number of aryl methyl sites for hydroxylation is 4. The van der Waals surface area contributed by atoms with Crippen LogP contribution in [0.25, 0.3) is 33.5 Å². The van der Waals surface area contributed by atoms with Crippen molar-refractivity contribution in [2.24, 2.45) is 0 Å². The number of rotatable bonds is 3. The molecule has 4 aromatic rings. The molecule has 0 saturated carbocycles. The number of hydrogen-bond donors (Lipinski definition) is 0. The molecule has 0 saturated heterocycles. The Morgan fingerprint density at radius 1 is 0.679 bits per heavy atom. The lowest BCUT2D eigenvalue weighted by atomic mass is 9.89. The molecule has 138 valence electrons. The van der Waals surface area contributed by atoms with Gasteiger partial charge in [0.05, 0.1) is 5.69 Å². The standard InChI is InChI=1S/C27H25N/c1-18-10-12-22(13-11-18)24-14-19(2)27(20(3)15-24)25-16-26(28-17-21(25)4)23-8-6-5-7-9-23/h5-17H,1-4H3/i2D3,4D3. The van der Waals surface area contributed by atoms with Crippen molar-refractivity contribution in [3.05, 3.63) is 101 Å². The second-order valence-corrected chi connectivity index (χ2v) is 7.06. The first-order chi connectivity index (χ1) is 15.9. The molecule has 1 nitrogen and oxygen atoms in total. The van der Waals surface area contributed by atoms with Crippen LogP contribution >= 0.6 is 0 Å². The number of hydrogen-bond acceptors (Lipinski definition) is 1. The molecule has 4 rings (SSSR count). The van der Waals surface area contributed by atoms with Crippen LogP contribution in [0.3, 0.4) is 0 Å². The molecule has 0 aliphatic rings. The van der Waals surface area contributed by atoms with Gasteiger partial charge in [-0.3, -0.25) is 4.98 Å². The zero-order valence-corrected chi connectivity index (χ0v) is 16.0. The van der Waals surface area contributed by atoms with E-state index in [2.05, 4.69) is 4.98 Å². The second kappa shape index (κ2) is 7.44. The molecule has 0 N–H and O–H groups in total. The fourth-order valence-electron chi connectivity index (χ4n) is 3.49. The topological polar surface area (TPSA) is 12.9 Å². The lowest BCUT2D eigenvalue weighted by Crippen LogP contribution is -1.95. The summed E-state index contributed by atoms with van der Waals surface area (Å²) >= 11 is 0. The van der Waals surface area contributed by atoms with Gasteiger partial charge in [-0.25, -0.2) is 0 Å². The molecule has 0 unspecified atom stereocenters. The van der Waals surface area contributed by atoms with Crippen LogP contribution in [-0.4, -0.2) is 4.98 Å². The summed E-state index contributed by atoms with van der Waals surface area (Å²) in [6, 6.07) is 22.6. The molecule has 0 amide bonds. The summed E-state index contributed by atoms with van der Waals surface area (Å²) in [6.07, 6.45) is 1.35. The van der Waals surface area contributed by atoms with Gasteiger partial charge in [0.2, 0.25) is 0 Å². The van der Waals surface area contributed by atoms with E-state index in [1.807, 2.05) is 74.5 Å². The minimum Gasteiger partial charge on any atom is -0.256 e. The molecular weight excluding hydrogens is 338 g/mol. The molecule has 1 aromatic heterocycles. The van der Waals surface area contributed by atoms with Crippen LogP contribution in [-0.2, 0) is 0 Å². The SMILES string of the molecule is [2H]C([2H])([2H])c1cnc(-c2ccccc2)cc1-c1c(C)cc(-c2ccc(C)cc2)cc1C([2H])([2H])[2H]. The molecule has 0 atom stereocenters. The van der Waals surface area contributed by atoms with Gasteiger partial charge < -0.3 is 0 Å². The minimum atomic E-state index is -2.45. The van der Waals surface area contributed by atoms with Crippen LogP contribution < -0.4 is 0 Å². The maximum absolute atomic E-state index is 8.27. The summed E-state index contributed by atoms with van der Waals surface area (Å²) in [5.41, 5.74) is 5.84. The van der Waals surface area contributed by atoms with Gasteiger partial charge in [0.1, 0.15) is 0 Å². The molecule has 0 spiro atoms. The third-order valence-corrected chi connectivity index (χ3v) is 4.96. The Kier molecular flexibility index (Phi) is 3.27. The third kappa shape index (κ3) is 3.48. The highest BCUT2D eigenvalue weighted by molar-refractivity contribution is 5.80. The molecule has 0 aliphatic carbocycles. The summed E-state index contributed by atoms with van der Waals surface area (Å²) in [5, 5.41) is 0. The van der Waals surface area contributed by atoms with Crippen molar-refractivity contribution >= 4 is 0 Å². The molecule has 0 bridgehead atoms. The Morgan fingerprint density at radius 3 is 2.11 bits per heavy atom. The first-order valence-electron chi connectivity index (χ1n) is 12.2. The van der Waals surface area contributed by atoms with E-state index in [0.717, 1.165) is 22.3 Å². The summed E-state index contributed by atoms with van der Waals surface area (Å²) in [6.45, 7) is -1.07. The number of nitrogens with zero attached hydrogens (tertiary/aromatic N) is 1. The van der Waals surface area contributed by atoms with Crippen molar-refractivity contribution in [3.8, 4) is 33.5 Å². The van der Waals surface area contributed by atoms with E-state index in [0.29, 0.717) is 22.4 Å². The Labute approximate surface area is 176 Å². The molecular formula is C27H25N. The Balaban J connectivity index is 2.02. The van der Waals surface area contributed by atoms with Crippen molar-refractivity contribution in [1.82, 2.24) is 4.98 Å². The van der Waals surface area contributed by atoms with Crippen molar-refractivity contribution in [1.29, 1.82) is 0 Å². The monoisotopic (exact) mass is 369 g/mol. The van der Waals surface area contributed by atoms with E-state index in [4.69, 9.17) is 8.22 Å². The van der Waals surface area contributed by atoms with Gasteiger partial charge in [0.25, 0.3) is 0 Å². The maximum Gasteiger partial charge on any atom is 0.0708 e. The van der Waals surface area contributed by atoms with Crippen LogP contribution in [0.4, 0.5) is 0 Å². The fraction of sp³-hybridized carbons (Fsp3) is 0.148. The predicted molar refractivity (Wildman–Crippen MR) is 119 cm³/mol. The maximum atomic E-state index is 8.27. The summed E-state index contributed by atoms with van der Waals surface area (Å²) in [4.78, 5) is 4.40. The number of aromatic nitrogens is 1. The molecule has 0 fully saturated rings. The fourth-order valence-corrected chi connectivity index (χ4v) is 3.49. The zero-order chi connectivity index (χ0) is 24.7. The summed E-state index contributed by atoms with van der Waals surface area (Å²) in [7, 11) is 0. The Morgan fingerprint density at radius 2 is 1.39 bits per heavy atom. The molecule has 1 heteroatoms. The van der Waals surface area contributed by atoms with Gasteiger partial charge >= 0.3 is 0 Å². The van der Waals surface area contributed by atoms with Crippen molar-refractivity contribution in [2.75, 3.05) is 0 Å². The van der Waals surface area contributed by atoms with Crippen molar-refractivity contribution in [3.63, 3.8) is 0 Å². The van der Waals surface area contributed by atoms with Crippen LogP contribution in [0.1, 0.15) is 30.5 Å². The van der Waals surface area contributed by atoms with Crippen LogP contribution in [0.2, 0.25) is 0 Å². The van der Waals surface area contributed by atoms with Crippen LogP contribution in [0, 0.1) is 27.6 Å². The zero-order valence-electron chi connectivity index (χ0n) is 22.0. The van der Waals surface area contributed by atoms with Crippen molar-refractivity contribution in [2.45, 2.75) is 27.6 Å². The van der Waals surface area contributed by atoms with Gasteiger partial charge in [0, 0.05) is 20.0 Å².